The summed E-state index contributed by atoms with van der Waals surface area (Å²) in [5.74, 6) is 0.400. The van der Waals surface area contributed by atoms with E-state index in [1.165, 1.54) is 5.56 Å². The van der Waals surface area contributed by atoms with Gasteiger partial charge in [0, 0.05) is 6.42 Å². The molecule has 88 valence electrons. The van der Waals surface area contributed by atoms with Crippen molar-refractivity contribution in [2.24, 2.45) is 11.7 Å². The molecule has 1 rings (SSSR count). The van der Waals surface area contributed by atoms with Crippen LogP contribution < -0.4 is 5.73 Å². The molecule has 0 radical (unpaired) electrons. The molecule has 2 nitrogen and oxygen atoms in total. The Bertz CT molecular complexity index is 360. The van der Waals surface area contributed by atoms with E-state index in [9.17, 15) is 4.79 Å². The predicted octanol–water partition coefficient (Wildman–Crippen LogP) is 2.48. The van der Waals surface area contributed by atoms with Crippen LogP contribution in [-0.4, -0.2) is 11.8 Å². The standard InChI is InChI=1S/C14H21NO/c1-4-11(3)14(15)13(16)9-12-7-5-6-10(2)8-12/h5-8,11,14H,4,9,15H2,1-3H3. The van der Waals surface area contributed by atoms with Crippen LogP contribution in [-0.2, 0) is 11.2 Å². The maximum Gasteiger partial charge on any atom is 0.154 e. The van der Waals surface area contributed by atoms with Crippen LogP contribution in [0.3, 0.4) is 0 Å². The van der Waals surface area contributed by atoms with Crippen molar-refractivity contribution in [1.29, 1.82) is 0 Å². The summed E-state index contributed by atoms with van der Waals surface area (Å²) in [5.41, 5.74) is 8.15. The Morgan fingerprint density at radius 2 is 2.12 bits per heavy atom. The molecule has 2 heteroatoms. The summed E-state index contributed by atoms with van der Waals surface area (Å²) >= 11 is 0. The quantitative estimate of drug-likeness (QED) is 0.826. The molecule has 0 aliphatic rings. The number of ketones is 1. The van der Waals surface area contributed by atoms with Crippen LogP contribution in [0, 0.1) is 12.8 Å². The lowest BCUT2D eigenvalue weighted by atomic mass is 9.93. The summed E-state index contributed by atoms with van der Waals surface area (Å²) in [6.07, 6.45) is 1.40. The second kappa shape index (κ2) is 5.80. The monoisotopic (exact) mass is 219 g/mol. The van der Waals surface area contributed by atoms with Gasteiger partial charge in [-0.3, -0.25) is 4.79 Å². The normalized spacial score (nSPS) is 14.5. The zero-order chi connectivity index (χ0) is 12.1. The highest BCUT2D eigenvalue weighted by atomic mass is 16.1. The Morgan fingerprint density at radius 1 is 1.44 bits per heavy atom. The van der Waals surface area contributed by atoms with E-state index < -0.39 is 0 Å². The number of carbonyl (C=O) groups excluding carboxylic acids is 1. The van der Waals surface area contributed by atoms with E-state index in [0.717, 1.165) is 12.0 Å². The molecule has 0 aliphatic heterocycles. The van der Waals surface area contributed by atoms with Gasteiger partial charge in [0.25, 0.3) is 0 Å². The summed E-state index contributed by atoms with van der Waals surface area (Å²) in [4.78, 5) is 11.9. The predicted molar refractivity (Wildman–Crippen MR) is 67.3 cm³/mol. The van der Waals surface area contributed by atoms with E-state index in [1.807, 2.05) is 38.1 Å². The van der Waals surface area contributed by atoms with Crippen LogP contribution in [0.25, 0.3) is 0 Å². The molecule has 0 amide bonds. The van der Waals surface area contributed by atoms with E-state index in [1.54, 1.807) is 0 Å². The Hall–Kier alpha value is -1.15. The summed E-state index contributed by atoms with van der Waals surface area (Å²) in [7, 11) is 0. The molecule has 0 saturated heterocycles. The number of nitrogens with two attached hydrogens (primary N) is 1. The first-order chi connectivity index (χ1) is 7.54. The second-order valence-electron chi connectivity index (χ2n) is 4.54. The van der Waals surface area contributed by atoms with Gasteiger partial charge in [0.15, 0.2) is 5.78 Å². The average Bonchev–Trinajstić information content (AvgIpc) is 2.27. The molecular weight excluding hydrogens is 198 g/mol. The minimum absolute atomic E-state index is 0.139. The highest BCUT2D eigenvalue weighted by Gasteiger charge is 2.19. The highest BCUT2D eigenvalue weighted by molar-refractivity contribution is 5.86. The van der Waals surface area contributed by atoms with Gasteiger partial charge in [-0.05, 0) is 18.4 Å². The molecule has 2 atom stereocenters. The van der Waals surface area contributed by atoms with E-state index in [0.29, 0.717) is 6.42 Å². The van der Waals surface area contributed by atoms with Gasteiger partial charge < -0.3 is 5.73 Å². The van der Waals surface area contributed by atoms with Crippen molar-refractivity contribution >= 4 is 5.78 Å². The van der Waals surface area contributed by atoms with Crippen molar-refractivity contribution in [2.75, 3.05) is 0 Å². The summed E-state index contributed by atoms with van der Waals surface area (Å²) < 4.78 is 0. The third-order valence-corrected chi connectivity index (χ3v) is 3.09. The van der Waals surface area contributed by atoms with Crippen molar-refractivity contribution in [1.82, 2.24) is 0 Å². The fraction of sp³-hybridized carbons (Fsp3) is 0.500. The lowest BCUT2D eigenvalue weighted by Gasteiger charge is -2.16. The largest absolute Gasteiger partial charge is 0.321 e. The van der Waals surface area contributed by atoms with E-state index >= 15 is 0 Å². The lowest BCUT2D eigenvalue weighted by molar-refractivity contribution is -0.120. The minimum atomic E-state index is -0.328. The smallest absolute Gasteiger partial charge is 0.154 e. The molecule has 1 aromatic carbocycles. The van der Waals surface area contributed by atoms with Crippen LogP contribution in [0.2, 0.25) is 0 Å². The summed E-state index contributed by atoms with van der Waals surface area (Å²) in [6.45, 7) is 6.12. The average molecular weight is 219 g/mol. The van der Waals surface area contributed by atoms with Crippen LogP contribution >= 0.6 is 0 Å². The van der Waals surface area contributed by atoms with Crippen LogP contribution in [0.15, 0.2) is 24.3 Å². The molecular formula is C14H21NO. The molecule has 0 fully saturated rings. The van der Waals surface area contributed by atoms with Crippen molar-refractivity contribution in [3.05, 3.63) is 35.4 Å². The van der Waals surface area contributed by atoms with Gasteiger partial charge in [-0.1, -0.05) is 50.1 Å². The Morgan fingerprint density at radius 3 is 2.69 bits per heavy atom. The fourth-order valence-electron chi connectivity index (χ4n) is 1.71. The number of carbonyl (C=O) groups is 1. The first kappa shape index (κ1) is 12.9. The van der Waals surface area contributed by atoms with Crippen LogP contribution in [0.5, 0.6) is 0 Å². The number of Topliss-reactive ketones (excluding diaryl/α,β-unsaturated/α-hetero) is 1. The van der Waals surface area contributed by atoms with Gasteiger partial charge >= 0.3 is 0 Å². The third-order valence-electron chi connectivity index (χ3n) is 3.09. The van der Waals surface area contributed by atoms with Gasteiger partial charge in [-0.15, -0.1) is 0 Å². The van der Waals surface area contributed by atoms with Gasteiger partial charge in [-0.25, -0.2) is 0 Å². The van der Waals surface area contributed by atoms with E-state index in [4.69, 9.17) is 5.73 Å². The molecule has 0 saturated carbocycles. The Kier molecular flexibility index (Phi) is 4.69. The molecule has 0 heterocycles. The Balaban J connectivity index is 2.64. The van der Waals surface area contributed by atoms with Gasteiger partial charge in [0.1, 0.15) is 0 Å². The minimum Gasteiger partial charge on any atom is -0.321 e. The van der Waals surface area contributed by atoms with Gasteiger partial charge in [-0.2, -0.15) is 0 Å². The lowest BCUT2D eigenvalue weighted by Crippen LogP contribution is -2.37. The SMILES string of the molecule is CCC(C)C(N)C(=O)Cc1cccc(C)c1. The fourth-order valence-corrected chi connectivity index (χ4v) is 1.71. The second-order valence-corrected chi connectivity index (χ2v) is 4.54. The molecule has 0 bridgehead atoms. The van der Waals surface area contributed by atoms with Crippen LogP contribution in [0.1, 0.15) is 31.4 Å². The zero-order valence-corrected chi connectivity index (χ0v) is 10.4. The maximum absolute atomic E-state index is 11.9. The van der Waals surface area contributed by atoms with Gasteiger partial charge in [0.2, 0.25) is 0 Å². The van der Waals surface area contributed by atoms with Crippen LogP contribution in [0.4, 0.5) is 0 Å². The molecule has 2 unspecified atom stereocenters. The number of benzene rings is 1. The van der Waals surface area contributed by atoms with Crippen molar-refractivity contribution in [2.45, 2.75) is 39.7 Å². The van der Waals surface area contributed by atoms with Crippen molar-refractivity contribution < 1.29 is 4.79 Å². The molecule has 1 aromatic rings. The third kappa shape index (κ3) is 3.46. The Labute approximate surface area is 97.9 Å². The van der Waals surface area contributed by atoms with E-state index in [2.05, 4.69) is 6.92 Å². The number of hydrogen-bond acceptors (Lipinski definition) is 2. The molecule has 0 aliphatic carbocycles. The van der Waals surface area contributed by atoms with Crippen molar-refractivity contribution in [3.8, 4) is 0 Å². The number of aryl methyl sites for hydroxylation is 1. The number of hydrogen-bond donors (Lipinski definition) is 1. The van der Waals surface area contributed by atoms with E-state index in [-0.39, 0.29) is 17.7 Å². The molecule has 0 aromatic heterocycles. The summed E-state index contributed by atoms with van der Waals surface area (Å²) in [5, 5.41) is 0. The summed E-state index contributed by atoms with van der Waals surface area (Å²) in [6, 6.07) is 7.70. The molecule has 2 N–H and O–H groups in total. The topological polar surface area (TPSA) is 43.1 Å². The zero-order valence-electron chi connectivity index (χ0n) is 10.4. The maximum atomic E-state index is 11.9. The highest BCUT2D eigenvalue weighted by Crippen LogP contribution is 2.11. The molecule has 0 spiro atoms. The van der Waals surface area contributed by atoms with Crippen molar-refractivity contribution in [3.63, 3.8) is 0 Å². The van der Waals surface area contributed by atoms with Gasteiger partial charge in [0.05, 0.1) is 6.04 Å². The first-order valence-electron chi connectivity index (χ1n) is 5.88. The first-order valence-corrected chi connectivity index (χ1v) is 5.88. The number of rotatable bonds is 5. The molecule has 16 heavy (non-hydrogen) atoms.